The van der Waals surface area contributed by atoms with Crippen LogP contribution < -0.4 is 0 Å². The Kier molecular flexibility index (Phi) is 2.46. The van der Waals surface area contributed by atoms with E-state index in [0.717, 1.165) is 11.1 Å². The molecule has 0 saturated heterocycles. The molecule has 1 nitrogen and oxygen atoms in total. The Balaban J connectivity index is 2.40. The van der Waals surface area contributed by atoms with Gasteiger partial charge in [0.2, 0.25) is 0 Å². The van der Waals surface area contributed by atoms with Gasteiger partial charge in [0.15, 0.2) is 0 Å². The topological polar surface area (TPSA) is 12.9 Å². The van der Waals surface area contributed by atoms with Crippen molar-refractivity contribution in [3.63, 3.8) is 0 Å². The van der Waals surface area contributed by atoms with E-state index in [-0.39, 0.29) is 5.82 Å². The van der Waals surface area contributed by atoms with E-state index in [2.05, 4.69) is 4.98 Å². The number of hydrogen-bond donors (Lipinski definition) is 0. The number of halogens is 2. The molecule has 0 aliphatic rings. The van der Waals surface area contributed by atoms with Crippen LogP contribution >= 0.6 is 11.6 Å². The van der Waals surface area contributed by atoms with Gasteiger partial charge in [-0.3, -0.25) is 0 Å². The fourth-order valence-corrected chi connectivity index (χ4v) is 1.30. The summed E-state index contributed by atoms with van der Waals surface area (Å²) in [6, 6.07) is 9.82. The number of aromatic nitrogens is 1. The van der Waals surface area contributed by atoms with Gasteiger partial charge in [0.25, 0.3) is 0 Å². The van der Waals surface area contributed by atoms with Gasteiger partial charge in [-0.25, -0.2) is 9.37 Å². The van der Waals surface area contributed by atoms with E-state index in [1.165, 1.54) is 12.1 Å². The van der Waals surface area contributed by atoms with E-state index in [1.807, 2.05) is 6.07 Å². The molecule has 0 spiro atoms. The highest BCUT2D eigenvalue weighted by molar-refractivity contribution is 6.29. The highest BCUT2D eigenvalue weighted by Gasteiger charge is 1.98. The second-order valence-corrected chi connectivity index (χ2v) is 3.26. The summed E-state index contributed by atoms with van der Waals surface area (Å²) < 4.78 is 12.6. The monoisotopic (exact) mass is 207 g/mol. The van der Waals surface area contributed by atoms with Crippen LogP contribution in [0.5, 0.6) is 0 Å². The van der Waals surface area contributed by atoms with E-state index in [1.54, 1.807) is 24.4 Å². The molecule has 0 aliphatic heterocycles. The Labute approximate surface area is 86.2 Å². The maximum absolute atomic E-state index is 12.6. The number of nitrogens with zero attached hydrogens (tertiary/aromatic N) is 1. The van der Waals surface area contributed by atoms with Crippen molar-refractivity contribution in [2.45, 2.75) is 0 Å². The van der Waals surface area contributed by atoms with Crippen LogP contribution in [0.2, 0.25) is 5.15 Å². The highest BCUT2D eigenvalue weighted by atomic mass is 35.5. The van der Waals surface area contributed by atoms with Crippen molar-refractivity contribution in [2.75, 3.05) is 0 Å². The second-order valence-electron chi connectivity index (χ2n) is 2.88. The Morgan fingerprint density at radius 2 is 1.57 bits per heavy atom. The van der Waals surface area contributed by atoms with Gasteiger partial charge in [0.05, 0.1) is 0 Å². The van der Waals surface area contributed by atoms with E-state index >= 15 is 0 Å². The molecule has 0 aliphatic carbocycles. The lowest BCUT2D eigenvalue weighted by Gasteiger charge is -2.00. The van der Waals surface area contributed by atoms with E-state index in [4.69, 9.17) is 11.6 Å². The van der Waals surface area contributed by atoms with Gasteiger partial charge >= 0.3 is 0 Å². The SMILES string of the molecule is Fc1ccc(-c2ccc(Cl)nc2)cc1. The molecule has 0 fully saturated rings. The van der Waals surface area contributed by atoms with Crippen LogP contribution in [0.1, 0.15) is 0 Å². The van der Waals surface area contributed by atoms with Gasteiger partial charge in [-0.2, -0.15) is 0 Å². The third-order valence-corrected chi connectivity index (χ3v) is 2.13. The first kappa shape index (κ1) is 9.16. The Morgan fingerprint density at radius 1 is 0.929 bits per heavy atom. The maximum Gasteiger partial charge on any atom is 0.129 e. The van der Waals surface area contributed by atoms with Crippen molar-refractivity contribution in [1.29, 1.82) is 0 Å². The summed E-state index contributed by atoms with van der Waals surface area (Å²) in [5, 5.41) is 0.455. The summed E-state index contributed by atoms with van der Waals surface area (Å²) in [6.07, 6.45) is 1.66. The minimum absolute atomic E-state index is 0.240. The highest BCUT2D eigenvalue weighted by Crippen LogP contribution is 2.19. The molecule has 0 unspecified atom stereocenters. The Hall–Kier alpha value is -1.41. The van der Waals surface area contributed by atoms with E-state index in [0.29, 0.717) is 5.15 Å². The first-order valence-electron chi connectivity index (χ1n) is 4.13. The van der Waals surface area contributed by atoms with Crippen LogP contribution in [0.4, 0.5) is 4.39 Å². The van der Waals surface area contributed by atoms with Gasteiger partial charge in [0, 0.05) is 11.8 Å². The van der Waals surface area contributed by atoms with E-state index < -0.39 is 0 Å². The molecule has 0 N–H and O–H groups in total. The summed E-state index contributed by atoms with van der Waals surface area (Å²) in [7, 11) is 0. The summed E-state index contributed by atoms with van der Waals surface area (Å²) >= 11 is 5.65. The third-order valence-electron chi connectivity index (χ3n) is 1.90. The molecule has 0 amide bonds. The first-order chi connectivity index (χ1) is 6.75. The lowest BCUT2D eigenvalue weighted by molar-refractivity contribution is 0.628. The average Bonchev–Trinajstić information content (AvgIpc) is 2.21. The van der Waals surface area contributed by atoms with Gasteiger partial charge in [0.1, 0.15) is 11.0 Å². The first-order valence-corrected chi connectivity index (χ1v) is 4.51. The molecule has 2 rings (SSSR count). The average molecular weight is 208 g/mol. The minimum atomic E-state index is -0.240. The zero-order chi connectivity index (χ0) is 9.97. The molecular weight excluding hydrogens is 201 g/mol. The molecule has 1 aromatic carbocycles. The third kappa shape index (κ3) is 1.91. The number of pyridine rings is 1. The molecule has 70 valence electrons. The molecule has 0 atom stereocenters. The van der Waals surface area contributed by atoms with Crippen molar-refractivity contribution in [2.24, 2.45) is 0 Å². The fraction of sp³-hybridized carbons (Fsp3) is 0. The molecule has 14 heavy (non-hydrogen) atoms. The fourth-order valence-electron chi connectivity index (χ4n) is 1.19. The molecule has 1 heterocycles. The zero-order valence-electron chi connectivity index (χ0n) is 7.24. The maximum atomic E-state index is 12.6. The standard InChI is InChI=1S/C11H7ClFN/c12-11-6-3-9(7-14-11)8-1-4-10(13)5-2-8/h1-7H. The van der Waals surface area contributed by atoms with Crippen molar-refractivity contribution in [1.82, 2.24) is 4.98 Å². The van der Waals surface area contributed by atoms with Crippen molar-refractivity contribution in [3.8, 4) is 11.1 Å². The molecule has 0 bridgehead atoms. The van der Waals surface area contributed by atoms with Crippen LogP contribution in [0, 0.1) is 5.82 Å². The zero-order valence-corrected chi connectivity index (χ0v) is 8.00. The Bertz CT molecular complexity index is 379. The van der Waals surface area contributed by atoms with Crippen LogP contribution in [0.25, 0.3) is 11.1 Å². The number of benzene rings is 1. The predicted octanol–water partition coefficient (Wildman–Crippen LogP) is 3.54. The largest absolute Gasteiger partial charge is 0.244 e. The van der Waals surface area contributed by atoms with Crippen molar-refractivity contribution in [3.05, 3.63) is 53.6 Å². The van der Waals surface area contributed by atoms with Crippen LogP contribution in [0.15, 0.2) is 42.6 Å². The van der Waals surface area contributed by atoms with Crippen LogP contribution in [-0.4, -0.2) is 4.98 Å². The number of rotatable bonds is 1. The van der Waals surface area contributed by atoms with Gasteiger partial charge in [-0.15, -0.1) is 0 Å². The summed E-state index contributed by atoms with van der Waals surface area (Å²) in [4.78, 5) is 3.95. The van der Waals surface area contributed by atoms with Crippen LogP contribution in [0.3, 0.4) is 0 Å². The molecule has 1 aromatic heterocycles. The van der Waals surface area contributed by atoms with E-state index in [9.17, 15) is 4.39 Å². The van der Waals surface area contributed by atoms with Crippen molar-refractivity contribution >= 4 is 11.6 Å². The molecule has 3 heteroatoms. The normalized spacial score (nSPS) is 10.1. The summed E-state index contributed by atoms with van der Waals surface area (Å²) in [5.41, 5.74) is 1.85. The Morgan fingerprint density at radius 3 is 2.14 bits per heavy atom. The lowest BCUT2D eigenvalue weighted by Crippen LogP contribution is -1.80. The summed E-state index contributed by atoms with van der Waals surface area (Å²) in [5.74, 6) is -0.240. The van der Waals surface area contributed by atoms with Gasteiger partial charge < -0.3 is 0 Å². The number of hydrogen-bond acceptors (Lipinski definition) is 1. The molecule has 0 saturated carbocycles. The van der Waals surface area contributed by atoms with Crippen molar-refractivity contribution < 1.29 is 4.39 Å². The smallest absolute Gasteiger partial charge is 0.129 e. The van der Waals surface area contributed by atoms with Crippen LogP contribution in [-0.2, 0) is 0 Å². The molecule has 2 aromatic rings. The lowest BCUT2D eigenvalue weighted by atomic mass is 10.1. The summed E-state index contributed by atoms with van der Waals surface area (Å²) in [6.45, 7) is 0. The van der Waals surface area contributed by atoms with Gasteiger partial charge in [-0.1, -0.05) is 23.7 Å². The quantitative estimate of drug-likeness (QED) is 0.652. The predicted molar refractivity (Wildman–Crippen MR) is 54.6 cm³/mol. The molecule has 0 radical (unpaired) electrons. The van der Waals surface area contributed by atoms with Gasteiger partial charge in [-0.05, 0) is 29.8 Å². The minimum Gasteiger partial charge on any atom is -0.244 e. The second kappa shape index (κ2) is 3.76. The molecular formula is C11H7ClFN.